The largest absolute Gasteiger partial charge is 0.267 e. The van der Waals surface area contributed by atoms with Crippen LogP contribution in [0.2, 0.25) is 6.04 Å². The highest BCUT2D eigenvalue weighted by molar-refractivity contribution is 6.52. The number of hydrogen-bond acceptors (Lipinski definition) is 1. The van der Waals surface area contributed by atoms with Crippen LogP contribution in [0.25, 0.3) is 0 Å². The molecule has 0 saturated heterocycles. The Kier molecular flexibility index (Phi) is 2.72. The molecule has 0 fully saturated rings. The molecule has 1 rings (SSSR count). The Bertz CT molecular complexity index is 225. The van der Waals surface area contributed by atoms with Gasteiger partial charge < -0.3 is 0 Å². The third-order valence-electron chi connectivity index (χ3n) is 1.04. The standard InChI is InChI=1S/C8H7NSi/c1-2-7-10-8-5-3-4-6-9-8/h1,3-6H,7H2. The predicted molar refractivity (Wildman–Crippen MR) is 43.3 cm³/mol. The lowest BCUT2D eigenvalue weighted by molar-refractivity contribution is 1.38. The van der Waals surface area contributed by atoms with Crippen LogP contribution in [0.5, 0.6) is 0 Å². The molecule has 0 atom stereocenters. The van der Waals surface area contributed by atoms with E-state index < -0.39 is 0 Å². The minimum atomic E-state index is 0.657. The van der Waals surface area contributed by atoms with E-state index in [0.717, 1.165) is 11.4 Å². The number of pyridine rings is 1. The van der Waals surface area contributed by atoms with E-state index in [-0.39, 0.29) is 0 Å². The van der Waals surface area contributed by atoms with Crippen LogP contribution in [0, 0.1) is 12.3 Å². The van der Waals surface area contributed by atoms with Gasteiger partial charge in [-0.2, -0.15) is 0 Å². The van der Waals surface area contributed by atoms with E-state index in [1.165, 1.54) is 0 Å². The van der Waals surface area contributed by atoms with Gasteiger partial charge in [-0.25, -0.2) is 0 Å². The van der Waals surface area contributed by atoms with Gasteiger partial charge in [-0.3, -0.25) is 4.98 Å². The van der Waals surface area contributed by atoms with E-state index in [9.17, 15) is 0 Å². The normalized spacial score (nSPS) is 8.70. The van der Waals surface area contributed by atoms with Crippen LogP contribution in [0.4, 0.5) is 0 Å². The van der Waals surface area contributed by atoms with Crippen LogP contribution >= 0.6 is 0 Å². The molecule has 0 saturated carbocycles. The molecule has 0 spiro atoms. The quantitative estimate of drug-likeness (QED) is 0.435. The summed E-state index contributed by atoms with van der Waals surface area (Å²) in [6.07, 6.45) is 6.90. The number of terminal acetylenes is 1. The number of nitrogens with zero attached hydrogens (tertiary/aromatic N) is 1. The summed E-state index contributed by atoms with van der Waals surface area (Å²) < 4.78 is 0. The Morgan fingerprint density at radius 1 is 1.60 bits per heavy atom. The summed E-state index contributed by atoms with van der Waals surface area (Å²) in [5.41, 5.74) is 0. The highest BCUT2D eigenvalue weighted by atomic mass is 28.2. The minimum Gasteiger partial charge on any atom is -0.267 e. The fourth-order valence-corrected chi connectivity index (χ4v) is 1.27. The van der Waals surface area contributed by atoms with Crippen LogP contribution in [-0.4, -0.2) is 14.5 Å². The Morgan fingerprint density at radius 2 is 2.50 bits per heavy atom. The second-order valence-electron chi connectivity index (χ2n) is 1.77. The Labute approximate surface area is 63.3 Å². The van der Waals surface area contributed by atoms with Gasteiger partial charge in [0.25, 0.3) is 0 Å². The molecule has 1 aromatic heterocycles. The van der Waals surface area contributed by atoms with Crippen LogP contribution in [0.3, 0.4) is 0 Å². The van der Waals surface area contributed by atoms with Gasteiger partial charge in [0.05, 0.1) is 0 Å². The first kappa shape index (κ1) is 7.04. The molecule has 1 heterocycles. The Hall–Kier alpha value is -1.07. The van der Waals surface area contributed by atoms with Crippen LogP contribution in [0.15, 0.2) is 24.4 Å². The van der Waals surface area contributed by atoms with E-state index >= 15 is 0 Å². The van der Waals surface area contributed by atoms with Crippen LogP contribution in [0.1, 0.15) is 0 Å². The Balaban J connectivity index is 2.52. The fourth-order valence-electron chi connectivity index (χ4n) is 0.609. The monoisotopic (exact) mass is 145 g/mol. The van der Waals surface area contributed by atoms with Gasteiger partial charge in [0.15, 0.2) is 0 Å². The maximum atomic E-state index is 5.11. The van der Waals surface area contributed by atoms with Gasteiger partial charge in [-0.1, -0.05) is 6.07 Å². The lowest BCUT2D eigenvalue weighted by Crippen LogP contribution is -2.15. The van der Waals surface area contributed by atoms with E-state index in [0.29, 0.717) is 9.52 Å². The zero-order valence-corrected chi connectivity index (χ0v) is 6.54. The zero-order valence-electron chi connectivity index (χ0n) is 5.54. The highest BCUT2D eigenvalue weighted by Crippen LogP contribution is 1.78. The van der Waals surface area contributed by atoms with Gasteiger partial charge in [0, 0.05) is 17.6 Å². The molecule has 0 unspecified atom stereocenters. The molecule has 48 valence electrons. The Morgan fingerprint density at radius 3 is 3.10 bits per heavy atom. The molecule has 0 bridgehead atoms. The molecule has 1 aromatic rings. The topological polar surface area (TPSA) is 12.9 Å². The molecule has 0 aromatic carbocycles. The summed E-state index contributed by atoms with van der Waals surface area (Å²) in [5.74, 6) is 2.59. The molecular formula is C8H7NSi. The SMILES string of the molecule is C#CC[Si]c1ccccn1. The van der Waals surface area contributed by atoms with E-state index in [2.05, 4.69) is 10.9 Å². The molecular weight excluding hydrogens is 138 g/mol. The van der Waals surface area contributed by atoms with Crippen molar-refractivity contribution in [1.82, 2.24) is 4.98 Å². The van der Waals surface area contributed by atoms with Crippen molar-refractivity contribution in [2.45, 2.75) is 6.04 Å². The smallest absolute Gasteiger partial charge is 0.121 e. The summed E-state index contributed by atoms with van der Waals surface area (Å²) >= 11 is 0. The van der Waals surface area contributed by atoms with Crippen LogP contribution in [-0.2, 0) is 0 Å². The van der Waals surface area contributed by atoms with Crippen molar-refractivity contribution in [2.24, 2.45) is 0 Å². The van der Waals surface area contributed by atoms with E-state index in [1.807, 2.05) is 18.2 Å². The van der Waals surface area contributed by atoms with Crippen molar-refractivity contribution in [2.75, 3.05) is 0 Å². The average Bonchev–Trinajstić information content (AvgIpc) is 2.03. The van der Waals surface area contributed by atoms with Gasteiger partial charge in [0.2, 0.25) is 0 Å². The summed E-state index contributed by atoms with van der Waals surface area (Å²) in [4.78, 5) is 4.13. The lowest BCUT2D eigenvalue weighted by Gasteiger charge is -1.91. The minimum absolute atomic E-state index is 0.657. The molecule has 10 heavy (non-hydrogen) atoms. The van der Waals surface area contributed by atoms with E-state index in [1.54, 1.807) is 6.20 Å². The predicted octanol–water partition coefficient (Wildman–Crippen LogP) is 0.463. The first-order chi connectivity index (χ1) is 4.93. The van der Waals surface area contributed by atoms with Crippen molar-refractivity contribution < 1.29 is 0 Å². The lowest BCUT2D eigenvalue weighted by atomic mass is 10.5. The summed E-state index contributed by atoms with van der Waals surface area (Å²) in [7, 11) is 0.657. The zero-order chi connectivity index (χ0) is 7.23. The van der Waals surface area contributed by atoms with Gasteiger partial charge in [0.1, 0.15) is 9.52 Å². The number of rotatable bonds is 2. The van der Waals surface area contributed by atoms with Crippen molar-refractivity contribution >= 4 is 14.8 Å². The van der Waals surface area contributed by atoms with Crippen molar-refractivity contribution in [3.63, 3.8) is 0 Å². The molecule has 2 radical (unpaired) electrons. The molecule has 0 amide bonds. The van der Waals surface area contributed by atoms with Gasteiger partial charge in [-0.15, -0.1) is 12.3 Å². The van der Waals surface area contributed by atoms with E-state index in [4.69, 9.17) is 6.42 Å². The maximum absolute atomic E-state index is 5.11. The highest BCUT2D eigenvalue weighted by Gasteiger charge is 1.90. The molecule has 1 nitrogen and oxygen atoms in total. The number of aromatic nitrogens is 1. The molecule has 0 aliphatic rings. The van der Waals surface area contributed by atoms with Gasteiger partial charge >= 0.3 is 0 Å². The summed E-state index contributed by atoms with van der Waals surface area (Å²) in [6.45, 7) is 0. The molecule has 0 aliphatic heterocycles. The second-order valence-corrected chi connectivity index (χ2v) is 2.99. The third kappa shape index (κ3) is 2.04. The van der Waals surface area contributed by atoms with Crippen molar-refractivity contribution in [1.29, 1.82) is 0 Å². The maximum Gasteiger partial charge on any atom is 0.121 e. The first-order valence-electron chi connectivity index (χ1n) is 3.02. The molecule has 0 aliphatic carbocycles. The fraction of sp³-hybridized carbons (Fsp3) is 0.125. The van der Waals surface area contributed by atoms with Gasteiger partial charge in [-0.05, 0) is 12.1 Å². The molecule has 2 heteroatoms. The summed E-state index contributed by atoms with van der Waals surface area (Å²) in [6, 6.07) is 6.68. The van der Waals surface area contributed by atoms with Crippen molar-refractivity contribution in [3.05, 3.63) is 24.4 Å². The molecule has 0 N–H and O–H groups in total. The third-order valence-corrected chi connectivity index (χ3v) is 2.08. The summed E-state index contributed by atoms with van der Waals surface area (Å²) in [5, 5.41) is 1.10. The van der Waals surface area contributed by atoms with Crippen molar-refractivity contribution in [3.8, 4) is 12.3 Å². The number of hydrogen-bond donors (Lipinski definition) is 0. The average molecular weight is 145 g/mol. The second kappa shape index (κ2) is 3.86. The first-order valence-corrected chi connectivity index (χ1v) is 4.22. The van der Waals surface area contributed by atoms with Crippen LogP contribution < -0.4 is 5.32 Å².